The van der Waals surface area contributed by atoms with Crippen LogP contribution in [0.4, 0.5) is 5.69 Å². The molecule has 1 aliphatic rings. The van der Waals surface area contributed by atoms with E-state index in [0.29, 0.717) is 5.69 Å². The second kappa shape index (κ2) is 7.08. The Labute approximate surface area is 161 Å². The molecule has 1 heterocycles. The van der Waals surface area contributed by atoms with Gasteiger partial charge in [0.1, 0.15) is 0 Å². The number of amides is 1. The highest BCUT2D eigenvalue weighted by Crippen LogP contribution is 2.28. The first-order valence-electron chi connectivity index (χ1n) is 8.87. The molecule has 1 N–H and O–H groups in total. The predicted molar refractivity (Wildman–Crippen MR) is 107 cm³/mol. The van der Waals surface area contributed by atoms with Crippen molar-refractivity contribution in [1.82, 2.24) is 9.78 Å². The van der Waals surface area contributed by atoms with Gasteiger partial charge in [-0.3, -0.25) is 4.79 Å². The summed E-state index contributed by atoms with van der Waals surface area (Å²) in [6.45, 7) is 1.99. The summed E-state index contributed by atoms with van der Waals surface area (Å²) in [6.07, 6.45) is 4.08. The first kappa shape index (κ1) is 17.0. The Bertz CT molecular complexity index is 977. The molecule has 0 saturated carbocycles. The number of nitrogens with zero attached hydrogens (tertiary/aromatic N) is 2. The monoisotopic (exact) mass is 409 g/mol. The van der Waals surface area contributed by atoms with Crippen LogP contribution in [0.1, 0.15) is 40.2 Å². The van der Waals surface area contributed by atoms with Crippen molar-refractivity contribution in [1.29, 1.82) is 0 Å². The molecule has 4 rings (SSSR count). The molecule has 0 atom stereocenters. The average molecular weight is 410 g/mol. The van der Waals surface area contributed by atoms with E-state index in [2.05, 4.69) is 21.2 Å². The molecule has 132 valence electrons. The number of aromatic nitrogens is 2. The number of carbonyl (C=O) groups excluding carboxylic acids is 1. The van der Waals surface area contributed by atoms with Gasteiger partial charge in [-0.15, -0.1) is 0 Å². The molecule has 1 aromatic heterocycles. The van der Waals surface area contributed by atoms with Crippen molar-refractivity contribution in [2.24, 2.45) is 0 Å². The second-order valence-corrected chi connectivity index (χ2v) is 7.56. The number of hydrogen-bond acceptors (Lipinski definition) is 2. The first-order valence-corrected chi connectivity index (χ1v) is 9.66. The molecule has 0 saturated heterocycles. The Kier molecular flexibility index (Phi) is 4.64. The lowest BCUT2D eigenvalue weighted by Gasteiger charge is -2.14. The van der Waals surface area contributed by atoms with Crippen LogP contribution in [0.3, 0.4) is 0 Å². The molecular weight excluding hydrogens is 390 g/mol. The Morgan fingerprint density at radius 3 is 2.73 bits per heavy atom. The quantitative estimate of drug-likeness (QED) is 0.655. The topological polar surface area (TPSA) is 46.9 Å². The number of nitrogens with one attached hydrogen (secondary N) is 1. The molecule has 5 heteroatoms. The molecule has 4 nitrogen and oxygen atoms in total. The number of anilines is 1. The number of rotatable bonds is 3. The normalized spacial score (nSPS) is 13.3. The van der Waals surface area contributed by atoms with Crippen LogP contribution >= 0.6 is 15.9 Å². The van der Waals surface area contributed by atoms with Gasteiger partial charge >= 0.3 is 0 Å². The number of benzene rings is 2. The maximum Gasteiger partial charge on any atom is 0.276 e. The van der Waals surface area contributed by atoms with Gasteiger partial charge in [0.15, 0.2) is 5.69 Å². The van der Waals surface area contributed by atoms with Gasteiger partial charge in [-0.2, -0.15) is 5.10 Å². The summed E-state index contributed by atoms with van der Waals surface area (Å²) in [5.41, 5.74) is 5.64. The minimum absolute atomic E-state index is 0.133. The van der Waals surface area contributed by atoms with E-state index in [1.54, 1.807) is 0 Å². The fraction of sp³-hybridized carbons (Fsp3) is 0.238. The smallest absolute Gasteiger partial charge is 0.276 e. The Hall–Kier alpha value is -2.40. The number of hydrogen-bond donors (Lipinski definition) is 1. The van der Waals surface area contributed by atoms with E-state index in [1.807, 2.05) is 60.1 Å². The number of fused-ring (bicyclic) bond motifs is 1. The second-order valence-electron chi connectivity index (χ2n) is 6.64. The largest absolute Gasteiger partial charge is 0.320 e. The van der Waals surface area contributed by atoms with E-state index < -0.39 is 0 Å². The highest BCUT2D eigenvalue weighted by molar-refractivity contribution is 9.10. The third-order valence-corrected chi connectivity index (χ3v) is 5.33. The van der Waals surface area contributed by atoms with Crippen LogP contribution in [0.25, 0.3) is 5.69 Å². The van der Waals surface area contributed by atoms with Gasteiger partial charge in [-0.1, -0.05) is 40.2 Å². The lowest BCUT2D eigenvalue weighted by atomic mass is 9.95. The van der Waals surface area contributed by atoms with Crippen LogP contribution in [0.2, 0.25) is 0 Å². The average Bonchev–Trinajstić information content (AvgIpc) is 3.03. The lowest BCUT2D eigenvalue weighted by Crippen LogP contribution is -2.16. The van der Waals surface area contributed by atoms with E-state index in [1.165, 1.54) is 0 Å². The van der Waals surface area contributed by atoms with E-state index in [0.717, 1.165) is 58.4 Å². The molecule has 0 fully saturated rings. The van der Waals surface area contributed by atoms with Crippen molar-refractivity contribution >= 4 is 27.5 Å². The summed E-state index contributed by atoms with van der Waals surface area (Å²) in [5.74, 6) is -0.133. The van der Waals surface area contributed by atoms with Crippen molar-refractivity contribution < 1.29 is 4.79 Å². The molecule has 0 bridgehead atoms. The molecule has 1 amide bonds. The SMILES string of the molecule is Cc1ccccc1NC(=O)c1nn(-c2cccc(Br)c2)c2c1CCCC2. The first-order chi connectivity index (χ1) is 12.6. The van der Waals surface area contributed by atoms with Gasteiger partial charge in [0.2, 0.25) is 0 Å². The molecule has 0 radical (unpaired) electrons. The minimum atomic E-state index is -0.133. The lowest BCUT2D eigenvalue weighted by molar-refractivity contribution is 0.102. The van der Waals surface area contributed by atoms with E-state index in [-0.39, 0.29) is 5.91 Å². The molecule has 3 aromatic rings. The van der Waals surface area contributed by atoms with E-state index >= 15 is 0 Å². The zero-order valence-electron chi connectivity index (χ0n) is 14.6. The molecule has 2 aromatic carbocycles. The Morgan fingerprint density at radius 1 is 1.12 bits per heavy atom. The zero-order chi connectivity index (χ0) is 18.1. The molecule has 0 unspecified atom stereocenters. The van der Waals surface area contributed by atoms with Crippen LogP contribution in [0.5, 0.6) is 0 Å². The van der Waals surface area contributed by atoms with Crippen molar-refractivity contribution in [2.45, 2.75) is 32.6 Å². The number of halogens is 1. The summed E-state index contributed by atoms with van der Waals surface area (Å²) < 4.78 is 2.94. The highest BCUT2D eigenvalue weighted by Gasteiger charge is 2.25. The van der Waals surface area contributed by atoms with Crippen molar-refractivity contribution in [3.63, 3.8) is 0 Å². The standard InChI is InChI=1S/C21H20BrN3O/c1-14-7-2-4-11-18(14)23-21(26)20-17-10-3-5-12-19(17)25(24-20)16-9-6-8-15(22)13-16/h2,4,6-9,11,13H,3,5,10,12H2,1H3,(H,23,26). The van der Waals surface area contributed by atoms with Gasteiger partial charge in [-0.05, 0) is 62.4 Å². The fourth-order valence-corrected chi connectivity index (χ4v) is 3.88. The number of aryl methyl sites for hydroxylation is 1. The van der Waals surface area contributed by atoms with Crippen LogP contribution in [0.15, 0.2) is 53.0 Å². The third kappa shape index (κ3) is 3.19. The van der Waals surface area contributed by atoms with Crippen LogP contribution in [-0.2, 0) is 12.8 Å². The van der Waals surface area contributed by atoms with E-state index in [9.17, 15) is 4.79 Å². The maximum absolute atomic E-state index is 13.0. The number of para-hydroxylation sites is 1. The van der Waals surface area contributed by atoms with Gasteiger partial charge in [0.05, 0.1) is 5.69 Å². The van der Waals surface area contributed by atoms with Gasteiger partial charge < -0.3 is 5.32 Å². The highest BCUT2D eigenvalue weighted by atomic mass is 79.9. The fourth-order valence-electron chi connectivity index (χ4n) is 3.50. The molecule has 26 heavy (non-hydrogen) atoms. The van der Waals surface area contributed by atoms with Crippen molar-refractivity contribution in [3.8, 4) is 5.69 Å². The van der Waals surface area contributed by atoms with Crippen LogP contribution < -0.4 is 5.32 Å². The van der Waals surface area contributed by atoms with Crippen LogP contribution in [-0.4, -0.2) is 15.7 Å². The van der Waals surface area contributed by atoms with Crippen molar-refractivity contribution in [3.05, 3.63) is 75.5 Å². The Balaban J connectivity index is 1.75. The van der Waals surface area contributed by atoms with Gasteiger partial charge in [0, 0.05) is 21.4 Å². The minimum Gasteiger partial charge on any atom is -0.320 e. The molecule has 1 aliphatic carbocycles. The van der Waals surface area contributed by atoms with Crippen LogP contribution in [0, 0.1) is 6.92 Å². The van der Waals surface area contributed by atoms with Gasteiger partial charge in [-0.25, -0.2) is 4.68 Å². The zero-order valence-corrected chi connectivity index (χ0v) is 16.2. The predicted octanol–water partition coefficient (Wildman–Crippen LogP) is 5.07. The molecule has 0 aliphatic heterocycles. The summed E-state index contributed by atoms with van der Waals surface area (Å²) in [5, 5.41) is 7.74. The van der Waals surface area contributed by atoms with Gasteiger partial charge in [0.25, 0.3) is 5.91 Å². The van der Waals surface area contributed by atoms with E-state index in [4.69, 9.17) is 5.10 Å². The van der Waals surface area contributed by atoms with Crippen molar-refractivity contribution in [2.75, 3.05) is 5.32 Å². The summed E-state index contributed by atoms with van der Waals surface area (Å²) in [4.78, 5) is 13.0. The summed E-state index contributed by atoms with van der Waals surface area (Å²) >= 11 is 3.52. The number of carbonyl (C=O) groups is 1. The Morgan fingerprint density at radius 2 is 1.92 bits per heavy atom. The summed E-state index contributed by atoms with van der Waals surface area (Å²) in [6, 6.07) is 15.8. The molecule has 0 spiro atoms. The maximum atomic E-state index is 13.0. The third-order valence-electron chi connectivity index (χ3n) is 4.84. The summed E-state index contributed by atoms with van der Waals surface area (Å²) in [7, 11) is 0. The molecular formula is C21H20BrN3O.